The number of nitrogens with zero attached hydrogens (tertiary/aromatic N) is 2. The molecule has 1 aromatic heterocycles. The second-order valence-electron chi connectivity index (χ2n) is 8.20. The van der Waals surface area contributed by atoms with Crippen LogP contribution in [-0.2, 0) is 14.3 Å². The molecule has 34 heavy (non-hydrogen) atoms. The number of nitrogens with one attached hydrogen (secondary N) is 2. The Bertz CT molecular complexity index is 1150. The molecular weight excluding hydrogens is 432 g/mol. The van der Waals surface area contributed by atoms with E-state index in [1.54, 1.807) is 6.92 Å². The van der Waals surface area contributed by atoms with Crippen LogP contribution >= 0.6 is 0 Å². The predicted molar refractivity (Wildman–Crippen MR) is 132 cm³/mol. The number of amides is 2. The number of carbonyl (C=O) groups is 2. The minimum absolute atomic E-state index is 0.0519. The van der Waals surface area contributed by atoms with Crippen LogP contribution in [0.1, 0.15) is 30.5 Å². The van der Waals surface area contributed by atoms with Crippen molar-refractivity contribution in [2.45, 2.75) is 26.3 Å². The van der Waals surface area contributed by atoms with E-state index < -0.39 is 12.1 Å². The molecule has 1 unspecified atom stereocenters. The molecule has 0 radical (unpaired) electrons. The molecule has 0 bridgehead atoms. The van der Waals surface area contributed by atoms with E-state index in [9.17, 15) is 9.59 Å². The van der Waals surface area contributed by atoms with Gasteiger partial charge in [0.1, 0.15) is 5.82 Å². The van der Waals surface area contributed by atoms with Gasteiger partial charge in [0.15, 0.2) is 0 Å². The first-order valence-corrected chi connectivity index (χ1v) is 11.6. The van der Waals surface area contributed by atoms with E-state index in [4.69, 9.17) is 14.5 Å². The van der Waals surface area contributed by atoms with Gasteiger partial charge in [-0.05, 0) is 49.2 Å². The summed E-state index contributed by atoms with van der Waals surface area (Å²) in [5.74, 6) is 0.580. The van der Waals surface area contributed by atoms with Crippen LogP contribution < -0.4 is 15.5 Å². The molecule has 4 rings (SSSR count). The monoisotopic (exact) mass is 462 g/mol. The van der Waals surface area contributed by atoms with Crippen molar-refractivity contribution in [2.75, 3.05) is 43.1 Å². The quantitative estimate of drug-likeness (QED) is 0.512. The van der Waals surface area contributed by atoms with Crippen LogP contribution in [0.2, 0.25) is 0 Å². The zero-order chi connectivity index (χ0) is 23.9. The van der Waals surface area contributed by atoms with E-state index in [2.05, 4.69) is 21.6 Å². The van der Waals surface area contributed by atoms with E-state index in [1.165, 1.54) is 0 Å². The second kappa shape index (κ2) is 11.0. The summed E-state index contributed by atoms with van der Waals surface area (Å²) in [6.07, 6.45) is 0.0519. The zero-order valence-corrected chi connectivity index (χ0v) is 19.5. The number of esters is 1. The van der Waals surface area contributed by atoms with Gasteiger partial charge in [0.25, 0.3) is 0 Å². The Labute approximate surface area is 199 Å². The van der Waals surface area contributed by atoms with Gasteiger partial charge >= 0.3 is 12.0 Å². The van der Waals surface area contributed by atoms with Crippen molar-refractivity contribution in [1.29, 1.82) is 0 Å². The highest BCUT2D eigenvalue weighted by molar-refractivity contribution is 5.94. The van der Waals surface area contributed by atoms with E-state index in [0.29, 0.717) is 25.5 Å². The van der Waals surface area contributed by atoms with Crippen molar-refractivity contribution in [3.05, 3.63) is 65.7 Å². The predicted octanol–water partition coefficient (Wildman–Crippen LogP) is 4.20. The molecular formula is C26H30N4O4. The molecule has 178 valence electrons. The van der Waals surface area contributed by atoms with E-state index in [-0.39, 0.29) is 12.4 Å². The van der Waals surface area contributed by atoms with E-state index in [1.807, 2.05) is 55.5 Å². The molecule has 3 aromatic rings. The average molecular weight is 463 g/mol. The van der Waals surface area contributed by atoms with Gasteiger partial charge in [-0.25, -0.2) is 9.78 Å². The van der Waals surface area contributed by atoms with Crippen molar-refractivity contribution in [3.8, 4) is 0 Å². The highest BCUT2D eigenvalue weighted by Crippen LogP contribution is 2.26. The summed E-state index contributed by atoms with van der Waals surface area (Å²) in [5.41, 5.74) is 3.44. The number of fused-ring (bicyclic) bond motifs is 1. The SMILES string of the molecule is CCOC(=O)CC(NC(=O)Nc1ccc2nc(N3CCOCC3)cc(C)c2c1)c1ccccc1. The molecule has 1 atom stereocenters. The number of hydrogen-bond acceptors (Lipinski definition) is 6. The smallest absolute Gasteiger partial charge is 0.319 e. The van der Waals surface area contributed by atoms with Crippen LogP contribution in [0.25, 0.3) is 10.9 Å². The lowest BCUT2D eigenvalue weighted by Gasteiger charge is -2.28. The molecule has 1 aliphatic rings. The Hall–Kier alpha value is -3.65. The summed E-state index contributed by atoms with van der Waals surface area (Å²) in [6.45, 7) is 7.16. The summed E-state index contributed by atoms with van der Waals surface area (Å²) in [6, 6.07) is 16.2. The van der Waals surface area contributed by atoms with Crippen LogP contribution in [0.15, 0.2) is 54.6 Å². The van der Waals surface area contributed by atoms with Gasteiger partial charge in [-0.2, -0.15) is 0 Å². The Morgan fingerprint density at radius 2 is 1.88 bits per heavy atom. The number of pyridine rings is 1. The first-order valence-electron chi connectivity index (χ1n) is 11.6. The Morgan fingerprint density at radius 1 is 1.12 bits per heavy atom. The molecule has 0 saturated carbocycles. The number of ether oxygens (including phenoxy) is 2. The highest BCUT2D eigenvalue weighted by Gasteiger charge is 2.20. The van der Waals surface area contributed by atoms with Crippen LogP contribution in [0.3, 0.4) is 0 Å². The van der Waals surface area contributed by atoms with Gasteiger partial charge in [-0.15, -0.1) is 0 Å². The molecule has 1 saturated heterocycles. The number of hydrogen-bond donors (Lipinski definition) is 2. The fourth-order valence-corrected chi connectivity index (χ4v) is 4.06. The van der Waals surface area contributed by atoms with Crippen LogP contribution in [-0.4, -0.2) is 49.9 Å². The van der Waals surface area contributed by atoms with Crippen molar-refractivity contribution < 1.29 is 19.1 Å². The summed E-state index contributed by atoms with van der Waals surface area (Å²) in [5, 5.41) is 6.76. The molecule has 1 aliphatic heterocycles. The van der Waals surface area contributed by atoms with Crippen molar-refractivity contribution in [1.82, 2.24) is 10.3 Å². The van der Waals surface area contributed by atoms with Gasteiger partial charge in [0, 0.05) is 24.2 Å². The summed E-state index contributed by atoms with van der Waals surface area (Å²) in [7, 11) is 0. The number of anilines is 2. The van der Waals surface area contributed by atoms with Crippen molar-refractivity contribution >= 4 is 34.4 Å². The van der Waals surface area contributed by atoms with Crippen molar-refractivity contribution in [2.24, 2.45) is 0 Å². The maximum atomic E-state index is 12.8. The van der Waals surface area contributed by atoms with Gasteiger partial charge in [-0.1, -0.05) is 30.3 Å². The number of aromatic nitrogens is 1. The fourth-order valence-electron chi connectivity index (χ4n) is 4.06. The molecule has 0 aliphatic carbocycles. The number of urea groups is 1. The summed E-state index contributed by atoms with van der Waals surface area (Å²) < 4.78 is 10.5. The maximum Gasteiger partial charge on any atom is 0.319 e. The van der Waals surface area contributed by atoms with Gasteiger partial charge < -0.3 is 25.0 Å². The summed E-state index contributed by atoms with van der Waals surface area (Å²) >= 11 is 0. The lowest BCUT2D eigenvalue weighted by molar-refractivity contribution is -0.143. The molecule has 8 nitrogen and oxygen atoms in total. The minimum atomic E-state index is -0.500. The van der Waals surface area contributed by atoms with Gasteiger partial charge in [-0.3, -0.25) is 4.79 Å². The first kappa shape index (κ1) is 23.5. The third-order valence-corrected chi connectivity index (χ3v) is 5.78. The van der Waals surface area contributed by atoms with E-state index >= 15 is 0 Å². The standard InChI is InChI=1S/C26H30N4O4/c1-3-34-25(31)17-23(19-7-5-4-6-8-19)29-26(32)27-20-9-10-22-21(16-20)18(2)15-24(28-22)30-11-13-33-14-12-30/h4-10,15-16,23H,3,11-14,17H2,1-2H3,(H2,27,29,32). The molecule has 2 heterocycles. The summed E-state index contributed by atoms with van der Waals surface area (Å²) in [4.78, 5) is 31.9. The lowest BCUT2D eigenvalue weighted by atomic mass is 10.0. The molecule has 8 heteroatoms. The Balaban J connectivity index is 1.48. The maximum absolute atomic E-state index is 12.8. The van der Waals surface area contributed by atoms with Gasteiger partial charge in [0.05, 0.1) is 37.8 Å². The molecule has 0 spiro atoms. The lowest BCUT2D eigenvalue weighted by Crippen LogP contribution is -2.36. The van der Waals surface area contributed by atoms with Crippen molar-refractivity contribution in [3.63, 3.8) is 0 Å². The normalized spacial score (nSPS) is 14.5. The fraction of sp³-hybridized carbons (Fsp3) is 0.346. The van der Waals surface area contributed by atoms with Crippen LogP contribution in [0.4, 0.5) is 16.3 Å². The largest absolute Gasteiger partial charge is 0.466 e. The highest BCUT2D eigenvalue weighted by atomic mass is 16.5. The third-order valence-electron chi connectivity index (χ3n) is 5.78. The number of carbonyl (C=O) groups excluding carboxylic acids is 2. The number of aryl methyl sites for hydroxylation is 1. The number of rotatable bonds is 7. The Kier molecular flexibility index (Phi) is 7.59. The minimum Gasteiger partial charge on any atom is -0.466 e. The molecule has 2 N–H and O–H groups in total. The third kappa shape index (κ3) is 5.82. The number of benzene rings is 2. The average Bonchev–Trinajstić information content (AvgIpc) is 2.85. The van der Waals surface area contributed by atoms with Crippen LogP contribution in [0.5, 0.6) is 0 Å². The van der Waals surface area contributed by atoms with Crippen LogP contribution in [0, 0.1) is 6.92 Å². The molecule has 1 fully saturated rings. The zero-order valence-electron chi connectivity index (χ0n) is 19.5. The van der Waals surface area contributed by atoms with Gasteiger partial charge in [0.2, 0.25) is 0 Å². The number of morpholine rings is 1. The molecule has 2 aromatic carbocycles. The molecule has 2 amide bonds. The topological polar surface area (TPSA) is 92.8 Å². The second-order valence-corrected chi connectivity index (χ2v) is 8.20. The Morgan fingerprint density at radius 3 is 2.62 bits per heavy atom. The first-order chi connectivity index (χ1) is 16.5. The van der Waals surface area contributed by atoms with E-state index in [0.717, 1.165) is 40.9 Å².